The summed E-state index contributed by atoms with van der Waals surface area (Å²) in [4.78, 5) is 12.1. The number of benzene rings is 2. The zero-order chi connectivity index (χ0) is 19.9. The second kappa shape index (κ2) is 9.36. The van der Waals surface area contributed by atoms with Crippen molar-refractivity contribution in [3.05, 3.63) is 59.9 Å². The molecule has 0 unspecified atom stereocenters. The molecule has 27 heavy (non-hydrogen) atoms. The second-order valence-electron chi connectivity index (χ2n) is 5.95. The first kappa shape index (κ1) is 20.7. The lowest BCUT2D eigenvalue weighted by Gasteiger charge is -2.24. The summed E-state index contributed by atoms with van der Waals surface area (Å²) in [5, 5.41) is 2.69. The number of sulfonamides is 1. The second-order valence-corrected chi connectivity index (χ2v) is 7.86. The van der Waals surface area contributed by atoms with Gasteiger partial charge < -0.3 is 10.1 Å². The number of nitrogens with zero attached hydrogens (tertiary/aromatic N) is 1. The SMILES string of the molecule is COc1ccccc1N(CCC(=O)NCCc1ccccc1F)S(C)(=O)=O. The summed E-state index contributed by atoms with van der Waals surface area (Å²) in [6.07, 6.45) is 1.42. The van der Waals surface area contributed by atoms with Gasteiger partial charge in [-0.05, 0) is 30.2 Å². The first-order valence-corrected chi connectivity index (χ1v) is 10.3. The van der Waals surface area contributed by atoms with Gasteiger partial charge in [0.15, 0.2) is 0 Å². The highest BCUT2D eigenvalue weighted by molar-refractivity contribution is 7.92. The molecule has 0 saturated carbocycles. The Morgan fingerprint density at radius 1 is 1.15 bits per heavy atom. The van der Waals surface area contributed by atoms with E-state index in [0.29, 0.717) is 23.4 Å². The Kier molecular flexibility index (Phi) is 7.18. The van der Waals surface area contributed by atoms with Gasteiger partial charge >= 0.3 is 0 Å². The van der Waals surface area contributed by atoms with E-state index < -0.39 is 10.0 Å². The molecular formula is C19H23FN2O4S. The van der Waals surface area contributed by atoms with Gasteiger partial charge in [0.1, 0.15) is 11.6 Å². The highest BCUT2D eigenvalue weighted by atomic mass is 32.2. The van der Waals surface area contributed by atoms with Crippen molar-refractivity contribution in [3.8, 4) is 5.75 Å². The van der Waals surface area contributed by atoms with E-state index in [2.05, 4.69) is 5.32 Å². The van der Waals surface area contributed by atoms with Crippen LogP contribution < -0.4 is 14.4 Å². The van der Waals surface area contributed by atoms with E-state index in [9.17, 15) is 17.6 Å². The number of rotatable bonds is 9. The fourth-order valence-corrected chi connectivity index (χ4v) is 3.56. The van der Waals surface area contributed by atoms with Crippen LogP contribution in [-0.4, -0.2) is 40.8 Å². The molecule has 0 heterocycles. The normalized spacial score (nSPS) is 11.1. The van der Waals surface area contributed by atoms with E-state index in [-0.39, 0.29) is 31.2 Å². The zero-order valence-electron chi connectivity index (χ0n) is 15.3. The van der Waals surface area contributed by atoms with Crippen molar-refractivity contribution in [2.75, 3.05) is 30.8 Å². The van der Waals surface area contributed by atoms with E-state index in [1.165, 1.54) is 13.2 Å². The molecule has 0 fully saturated rings. The van der Waals surface area contributed by atoms with Crippen molar-refractivity contribution in [1.29, 1.82) is 0 Å². The Hall–Kier alpha value is -2.61. The van der Waals surface area contributed by atoms with E-state index in [1.54, 1.807) is 42.5 Å². The topological polar surface area (TPSA) is 75.7 Å². The van der Waals surface area contributed by atoms with Gasteiger partial charge in [0.05, 0.1) is 19.1 Å². The summed E-state index contributed by atoms with van der Waals surface area (Å²) in [5.74, 6) is -0.219. The number of carbonyl (C=O) groups excluding carboxylic acids is 1. The molecule has 6 nitrogen and oxygen atoms in total. The van der Waals surface area contributed by atoms with Gasteiger partial charge in [-0.1, -0.05) is 30.3 Å². The lowest BCUT2D eigenvalue weighted by molar-refractivity contribution is -0.120. The zero-order valence-corrected chi connectivity index (χ0v) is 16.1. The molecule has 0 radical (unpaired) electrons. The molecule has 2 rings (SSSR count). The predicted molar refractivity (Wildman–Crippen MR) is 103 cm³/mol. The molecule has 0 aliphatic carbocycles. The molecule has 8 heteroatoms. The minimum absolute atomic E-state index is 0.0231. The van der Waals surface area contributed by atoms with E-state index in [4.69, 9.17) is 4.74 Å². The smallest absolute Gasteiger partial charge is 0.232 e. The van der Waals surface area contributed by atoms with Gasteiger partial charge in [0.25, 0.3) is 0 Å². The van der Waals surface area contributed by atoms with Gasteiger partial charge in [0, 0.05) is 19.5 Å². The number of carbonyl (C=O) groups is 1. The van der Waals surface area contributed by atoms with Crippen LogP contribution in [0, 0.1) is 5.82 Å². The van der Waals surface area contributed by atoms with Crippen LogP contribution in [0.25, 0.3) is 0 Å². The molecule has 0 atom stereocenters. The van der Waals surface area contributed by atoms with Crippen LogP contribution >= 0.6 is 0 Å². The first-order chi connectivity index (χ1) is 12.8. The number of hydrogen-bond acceptors (Lipinski definition) is 4. The van der Waals surface area contributed by atoms with Crippen molar-refractivity contribution >= 4 is 21.6 Å². The number of anilines is 1. The van der Waals surface area contributed by atoms with Gasteiger partial charge in [-0.2, -0.15) is 0 Å². The first-order valence-electron chi connectivity index (χ1n) is 8.43. The van der Waals surface area contributed by atoms with E-state index >= 15 is 0 Å². The van der Waals surface area contributed by atoms with Crippen LogP contribution in [0.1, 0.15) is 12.0 Å². The highest BCUT2D eigenvalue weighted by Gasteiger charge is 2.21. The fraction of sp³-hybridized carbons (Fsp3) is 0.316. The Morgan fingerprint density at radius 3 is 2.48 bits per heavy atom. The van der Waals surface area contributed by atoms with E-state index in [0.717, 1.165) is 10.6 Å². The quantitative estimate of drug-likeness (QED) is 0.708. The average Bonchev–Trinajstić information content (AvgIpc) is 2.63. The average molecular weight is 394 g/mol. The van der Waals surface area contributed by atoms with Crippen molar-refractivity contribution < 1.29 is 22.3 Å². The van der Waals surface area contributed by atoms with Gasteiger partial charge in [-0.15, -0.1) is 0 Å². The molecule has 146 valence electrons. The molecule has 2 aromatic carbocycles. The van der Waals surface area contributed by atoms with Gasteiger partial charge in [-0.3, -0.25) is 9.10 Å². The third-order valence-corrected chi connectivity index (χ3v) is 5.15. The Labute approximate surface area is 159 Å². The number of ether oxygens (including phenoxy) is 1. The van der Waals surface area contributed by atoms with Gasteiger partial charge in [0.2, 0.25) is 15.9 Å². The predicted octanol–water partition coefficient (Wildman–Crippen LogP) is 2.35. The van der Waals surface area contributed by atoms with Crippen LogP contribution in [0.2, 0.25) is 0 Å². The Balaban J connectivity index is 1.95. The highest BCUT2D eigenvalue weighted by Crippen LogP contribution is 2.29. The summed E-state index contributed by atoms with van der Waals surface area (Å²) in [5.41, 5.74) is 0.895. The summed E-state index contributed by atoms with van der Waals surface area (Å²) < 4.78 is 44.2. The van der Waals surface area contributed by atoms with Crippen molar-refractivity contribution in [2.24, 2.45) is 0 Å². The molecule has 1 N–H and O–H groups in total. The van der Waals surface area contributed by atoms with Crippen molar-refractivity contribution in [3.63, 3.8) is 0 Å². The number of nitrogens with one attached hydrogen (secondary N) is 1. The summed E-state index contributed by atoms with van der Waals surface area (Å²) in [7, 11) is -2.14. The van der Waals surface area contributed by atoms with Crippen LogP contribution in [0.4, 0.5) is 10.1 Å². The third-order valence-electron chi connectivity index (χ3n) is 3.97. The molecule has 0 aliphatic rings. The molecule has 0 spiro atoms. The lowest BCUT2D eigenvalue weighted by Crippen LogP contribution is -2.35. The molecule has 0 bridgehead atoms. The summed E-state index contributed by atoms with van der Waals surface area (Å²) >= 11 is 0. The maximum absolute atomic E-state index is 13.6. The molecule has 0 saturated heterocycles. The Morgan fingerprint density at radius 2 is 1.81 bits per heavy atom. The van der Waals surface area contributed by atoms with E-state index in [1.807, 2.05) is 0 Å². The number of para-hydroxylation sites is 2. The maximum atomic E-state index is 13.6. The number of hydrogen-bond donors (Lipinski definition) is 1. The summed E-state index contributed by atoms with van der Waals surface area (Å²) in [6.45, 7) is 0.248. The summed E-state index contributed by atoms with van der Waals surface area (Å²) in [6, 6.07) is 13.1. The minimum atomic E-state index is -3.59. The third kappa shape index (κ3) is 5.96. The molecular weight excluding hydrogens is 371 g/mol. The standard InChI is InChI=1S/C19H23FN2O4S/c1-26-18-10-6-5-9-17(18)22(27(2,24)25)14-12-19(23)21-13-11-15-7-3-4-8-16(15)20/h3-10H,11-14H2,1-2H3,(H,21,23). The van der Waals surface area contributed by atoms with Crippen LogP contribution in [-0.2, 0) is 21.2 Å². The number of amides is 1. The Bertz CT molecular complexity index is 887. The molecule has 1 amide bonds. The van der Waals surface area contributed by atoms with Crippen LogP contribution in [0.15, 0.2) is 48.5 Å². The van der Waals surface area contributed by atoms with Crippen LogP contribution in [0.5, 0.6) is 5.75 Å². The van der Waals surface area contributed by atoms with Gasteiger partial charge in [-0.25, -0.2) is 12.8 Å². The van der Waals surface area contributed by atoms with Crippen molar-refractivity contribution in [2.45, 2.75) is 12.8 Å². The molecule has 0 aromatic heterocycles. The largest absolute Gasteiger partial charge is 0.495 e. The van der Waals surface area contributed by atoms with Crippen molar-refractivity contribution in [1.82, 2.24) is 5.32 Å². The fourth-order valence-electron chi connectivity index (χ4n) is 2.63. The number of halogens is 1. The number of methoxy groups -OCH3 is 1. The minimum Gasteiger partial charge on any atom is -0.495 e. The molecule has 2 aromatic rings. The maximum Gasteiger partial charge on any atom is 0.232 e. The lowest BCUT2D eigenvalue weighted by atomic mass is 10.1. The molecule has 0 aliphatic heterocycles. The monoisotopic (exact) mass is 394 g/mol. The van der Waals surface area contributed by atoms with Crippen LogP contribution in [0.3, 0.4) is 0 Å².